The molecule has 0 radical (unpaired) electrons. The van der Waals surface area contributed by atoms with Crippen molar-refractivity contribution < 1.29 is 22.8 Å². The predicted molar refractivity (Wildman–Crippen MR) is 124 cm³/mol. The Morgan fingerprint density at radius 1 is 1.30 bits per heavy atom. The molecule has 176 valence electrons. The highest BCUT2D eigenvalue weighted by atomic mass is 79.9. The second-order valence-corrected chi connectivity index (χ2v) is 9.00. The topological polar surface area (TPSA) is 86.7 Å². The quantitative estimate of drug-likeness (QED) is 0.548. The average molecular weight is 547 g/mol. The molecule has 1 atom stereocenters. The van der Waals surface area contributed by atoms with Crippen LogP contribution in [0.1, 0.15) is 36.2 Å². The number of alkyl halides is 3. The number of nitrogens with one attached hydrogen (secondary N) is 2. The maximum atomic E-state index is 13.4. The van der Waals surface area contributed by atoms with Crippen molar-refractivity contribution in [1.29, 1.82) is 0 Å². The van der Waals surface area contributed by atoms with Gasteiger partial charge >= 0.3 is 6.18 Å². The zero-order chi connectivity index (χ0) is 24.5. The molecule has 2 heterocycles. The molecule has 0 fully saturated rings. The Labute approximate surface area is 201 Å². The zero-order valence-electron chi connectivity index (χ0n) is 17.8. The summed E-state index contributed by atoms with van der Waals surface area (Å²) in [6.07, 6.45) is -4.10. The first kappa shape index (κ1) is 25.0. The fourth-order valence-corrected chi connectivity index (χ4v) is 4.04. The number of aromatic nitrogens is 1. The largest absolute Gasteiger partial charge is 0.431 e. The van der Waals surface area contributed by atoms with Gasteiger partial charge in [0.15, 0.2) is 5.82 Å². The highest BCUT2D eigenvalue weighted by molar-refractivity contribution is 9.10. The fourth-order valence-electron chi connectivity index (χ4n) is 3.26. The van der Waals surface area contributed by atoms with Gasteiger partial charge in [-0.25, -0.2) is 9.99 Å². The summed E-state index contributed by atoms with van der Waals surface area (Å²) < 4.78 is 40.8. The molecule has 7 nitrogen and oxygen atoms in total. The van der Waals surface area contributed by atoms with Crippen molar-refractivity contribution >= 4 is 56.6 Å². The lowest BCUT2D eigenvalue weighted by molar-refractivity contribution is -0.117. The van der Waals surface area contributed by atoms with E-state index in [0.717, 1.165) is 5.01 Å². The summed E-state index contributed by atoms with van der Waals surface area (Å²) >= 11 is 9.43. The van der Waals surface area contributed by atoms with Gasteiger partial charge in [0.1, 0.15) is 11.8 Å². The van der Waals surface area contributed by atoms with Crippen molar-refractivity contribution in [3.05, 3.63) is 51.1 Å². The van der Waals surface area contributed by atoms with Crippen LogP contribution in [0.15, 0.2) is 40.0 Å². The number of halogens is 5. The van der Waals surface area contributed by atoms with Crippen LogP contribution in [-0.4, -0.2) is 40.8 Å². The summed E-state index contributed by atoms with van der Waals surface area (Å²) in [5.74, 6) is -1.31. The molecule has 1 unspecified atom stereocenters. The number of aryl methyl sites for hydroxylation is 1. The molecule has 1 aromatic heterocycles. The third-order valence-electron chi connectivity index (χ3n) is 4.71. The number of hydrogen-bond acceptors (Lipinski definition) is 5. The summed E-state index contributed by atoms with van der Waals surface area (Å²) in [6.45, 7) is 5.24. The van der Waals surface area contributed by atoms with E-state index >= 15 is 0 Å². The lowest BCUT2D eigenvalue weighted by atomic mass is 10.0. The van der Waals surface area contributed by atoms with E-state index in [9.17, 15) is 22.8 Å². The lowest BCUT2D eigenvalue weighted by Crippen LogP contribution is -2.40. The van der Waals surface area contributed by atoms with Crippen LogP contribution in [0.4, 0.5) is 24.7 Å². The smallest absolute Gasteiger partial charge is 0.350 e. The SMILES string of the molecule is Cc1cc(Br)cc(C(=O)NC(C)C)c1NC(=O)C1CC(C(F)(F)F)=NN1c1ncccc1Cl. The Balaban J connectivity index is 1.98. The molecular formula is C21H20BrClF3N5O2. The number of anilines is 2. The second-order valence-electron chi connectivity index (χ2n) is 7.68. The number of rotatable bonds is 5. The van der Waals surface area contributed by atoms with Crippen LogP contribution in [0.3, 0.4) is 0 Å². The van der Waals surface area contributed by atoms with Gasteiger partial charge in [-0.15, -0.1) is 0 Å². The number of carbonyl (C=O) groups is 2. The van der Waals surface area contributed by atoms with E-state index in [0.29, 0.717) is 10.0 Å². The minimum Gasteiger partial charge on any atom is -0.350 e. The van der Waals surface area contributed by atoms with Crippen LogP contribution in [0.25, 0.3) is 0 Å². The van der Waals surface area contributed by atoms with E-state index in [1.54, 1.807) is 26.8 Å². The van der Waals surface area contributed by atoms with Gasteiger partial charge in [-0.2, -0.15) is 18.3 Å². The molecule has 12 heteroatoms. The Hall–Kier alpha value is -2.66. The highest BCUT2D eigenvalue weighted by Gasteiger charge is 2.46. The maximum Gasteiger partial charge on any atom is 0.431 e. The first-order valence-electron chi connectivity index (χ1n) is 9.84. The van der Waals surface area contributed by atoms with Gasteiger partial charge in [-0.1, -0.05) is 27.5 Å². The monoisotopic (exact) mass is 545 g/mol. The molecule has 3 rings (SSSR count). The lowest BCUT2D eigenvalue weighted by Gasteiger charge is -2.24. The molecular weight excluding hydrogens is 527 g/mol. The first-order valence-corrected chi connectivity index (χ1v) is 11.0. The van der Waals surface area contributed by atoms with Crippen molar-refractivity contribution in [2.75, 3.05) is 10.3 Å². The number of pyridine rings is 1. The summed E-state index contributed by atoms with van der Waals surface area (Å²) in [5.41, 5.74) is -0.228. The predicted octanol–water partition coefficient (Wildman–Crippen LogP) is 5.08. The van der Waals surface area contributed by atoms with Crippen molar-refractivity contribution in [2.24, 2.45) is 5.10 Å². The molecule has 2 aromatic rings. The van der Waals surface area contributed by atoms with Gasteiger partial charge in [-0.05, 0) is 50.6 Å². The number of hydrazone groups is 1. The molecule has 2 amide bonds. The third-order valence-corrected chi connectivity index (χ3v) is 5.46. The van der Waals surface area contributed by atoms with Crippen LogP contribution < -0.4 is 15.6 Å². The number of amides is 2. The van der Waals surface area contributed by atoms with E-state index < -0.39 is 36.2 Å². The van der Waals surface area contributed by atoms with Gasteiger partial charge in [-0.3, -0.25) is 9.59 Å². The van der Waals surface area contributed by atoms with Crippen LogP contribution in [0.5, 0.6) is 0 Å². The molecule has 1 aliphatic rings. The molecule has 0 bridgehead atoms. The van der Waals surface area contributed by atoms with Gasteiger partial charge < -0.3 is 10.6 Å². The van der Waals surface area contributed by atoms with E-state index in [-0.39, 0.29) is 28.1 Å². The second kappa shape index (κ2) is 9.68. The number of carbonyl (C=O) groups excluding carboxylic acids is 2. The first-order chi connectivity index (χ1) is 15.4. The Morgan fingerprint density at radius 2 is 2.00 bits per heavy atom. The number of hydrogen-bond donors (Lipinski definition) is 2. The minimum atomic E-state index is -4.73. The van der Waals surface area contributed by atoms with Crippen molar-refractivity contribution in [3.63, 3.8) is 0 Å². The van der Waals surface area contributed by atoms with Gasteiger partial charge in [0, 0.05) is 23.1 Å². The fraction of sp³-hybridized carbons (Fsp3) is 0.333. The average Bonchev–Trinajstić information content (AvgIpc) is 3.15. The summed E-state index contributed by atoms with van der Waals surface area (Å²) in [5, 5.41) is 9.87. The molecule has 1 aromatic carbocycles. The molecule has 0 spiro atoms. The molecule has 33 heavy (non-hydrogen) atoms. The Kier molecular flexibility index (Phi) is 7.32. The summed E-state index contributed by atoms with van der Waals surface area (Å²) in [4.78, 5) is 29.9. The zero-order valence-corrected chi connectivity index (χ0v) is 20.1. The Bertz CT molecular complexity index is 1120. The van der Waals surface area contributed by atoms with Crippen LogP contribution in [0.2, 0.25) is 5.02 Å². The molecule has 0 aliphatic carbocycles. The van der Waals surface area contributed by atoms with Crippen molar-refractivity contribution in [1.82, 2.24) is 10.3 Å². The summed E-state index contributed by atoms with van der Waals surface area (Å²) in [7, 11) is 0. The van der Waals surface area contributed by atoms with Crippen LogP contribution in [0, 0.1) is 6.92 Å². The highest BCUT2D eigenvalue weighted by Crippen LogP contribution is 2.34. The van der Waals surface area contributed by atoms with Crippen LogP contribution in [-0.2, 0) is 4.79 Å². The number of nitrogens with zero attached hydrogens (tertiary/aromatic N) is 3. The molecule has 2 N–H and O–H groups in total. The van der Waals surface area contributed by atoms with Gasteiger partial charge in [0.25, 0.3) is 5.91 Å². The number of benzene rings is 1. The van der Waals surface area contributed by atoms with Gasteiger partial charge in [0.2, 0.25) is 5.91 Å². The normalized spacial score (nSPS) is 16.1. The molecule has 0 saturated heterocycles. The van der Waals surface area contributed by atoms with E-state index in [1.807, 2.05) is 0 Å². The van der Waals surface area contributed by atoms with Crippen molar-refractivity contribution in [2.45, 2.75) is 45.5 Å². The minimum absolute atomic E-state index is 0.0410. The van der Waals surface area contributed by atoms with E-state index in [2.05, 4.69) is 36.6 Å². The maximum absolute atomic E-state index is 13.4. The van der Waals surface area contributed by atoms with Crippen molar-refractivity contribution in [3.8, 4) is 0 Å². The Morgan fingerprint density at radius 3 is 2.61 bits per heavy atom. The van der Waals surface area contributed by atoms with Crippen LogP contribution >= 0.6 is 27.5 Å². The third kappa shape index (κ3) is 5.64. The van der Waals surface area contributed by atoms with E-state index in [4.69, 9.17) is 11.6 Å². The summed E-state index contributed by atoms with van der Waals surface area (Å²) in [6, 6.07) is 4.61. The van der Waals surface area contributed by atoms with Gasteiger partial charge in [0.05, 0.1) is 16.3 Å². The van der Waals surface area contributed by atoms with E-state index in [1.165, 1.54) is 24.4 Å². The molecule has 1 aliphatic heterocycles. The molecule has 0 saturated carbocycles. The standard InChI is InChI=1S/C21H20BrClF3N5O2/c1-10(2)28-19(32)13-8-12(22)7-11(3)17(13)29-20(33)15-9-16(21(24,25)26)30-31(15)18-14(23)5-4-6-27-18/h4-8,10,15H,9H2,1-3H3,(H,28,32)(H,29,33).